The van der Waals surface area contributed by atoms with Gasteiger partial charge in [-0.3, -0.25) is 14.4 Å². The van der Waals surface area contributed by atoms with Crippen LogP contribution in [0.1, 0.15) is 45.7 Å². The summed E-state index contributed by atoms with van der Waals surface area (Å²) in [5.41, 5.74) is 5.79. The van der Waals surface area contributed by atoms with Crippen LogP contribution < -0.4 is 10.1 Å². The highest BCUT2D eigenvalue weighted by Crippen LogP contribution is 2.39. The molecule has 0 saturated heterocycles. The van der Waals surface area contributed by atoms with Crippen molar-refractivity contribution in [1.29, 1.82) is 0 Å². The predicted molar refractivity (Wildman–Crippen MR) is 141 cm³/mol. The average Bonchev–Trinajstić information content (AvgIpc) is 3.36. The second-order valence-corrected chi connectivity index (χ2v) is 9.78. The van der Waals surface area contributed by atoms with Crippen LogP contribution in [0.25, 0.3) is 5.00 Å². The van der Waals surface area contributed by atoms with Crippen LogP contribution in [-0.4, -0.2) is 40.7 Å². The van der Waals surface area contributed by atoms with Crippen molar-refractivity contribution >= 4 is 34.4 Å². The molecule has 0 radical (unpaired) electrons. The van der Waals surface area contributed by atoms with Crippen LogP contribution in [0, 0.1) is 20.8 Å². The van der Waals surface area contributed by atoms with Crippen molar-refractivity contribution in [3.8, 4) is 10.8 Å². The summed E-state index contributed by atoms with van der Waals surface area (Å²) in [7, 11) is 3.04. The third-order valence-electron chi connectivity index (χ3n) is 6.37. The first kappa shape index (κ1) is 23.7. The summed E-state index contributed by atoms with van der Waals surface area (Å²) in [5.74, 6) is 1.83. The minimum Gasteiger partial charge on any atom is -0.495 e. The van der Waals surface area contributed by atoms with Gasteiger partial charge in [-0.25, -0.2) is 0 Å². The fraction of sp³-hybridized carbons (Fsp3) is 0.259. The van der Waals surface area contributed by atoms with E-state index in [2.05, 4.69) is 29.4 Å². The van der Waals surface area contributed by atoms with E-state index in [1.807, 2.05) is 60.0 Å². The summed E-state index contributed by atoms with van der Waals surface area (Å²) < 4.78 is 12.5. The number of aliphatic imine (C=N–C) groups is 1. The molecular formula is C27H27N5O3S. The van der Waals surface area contributed by atoms with Crippen molar-refractivity contribution in [3.05, 3.63) is 81.7 Å². The number of ether oxygens (including phenoxy) is 2. The fourth-order valence-electron chi connectivity index (χ4n) is 4.38. The number of para-hydroxylation sites is 2. The first-order chi connectivity index (χ1) is 17.4. The standard InChI is InChI=1S/C27H27N5O3S/c1-15-16(2)36-27-24(15)25(29-21(14-23(33)35-5)26-31-30-17(3)32(26)27)18-10-12-19(13-11-18)28-20-8-6-7-9-22(20)34-4/h6-13,21,28H,14H2,1-5H3/t21-/m0/s1. The highest BCUT2D eigenvalue weighted by Gasteiger charge is 2.32. The van der Waals surface area contributed by atoms with Crippen molar-refractivity contribution < 1.29 is 14.3 Å². The van der Waals surface area contributed by atoms with Crippen LogP contribution >= 0.6 is 11.3 Å². The van der Waals surface area contributed by atoms with Gasteiger partial charge in [0, 0.05) is 21.7 Å². The maximum absolute atomic E-state index is 12.3. The Kier molecular flexibility index (Phi) is 6.32. The molecule has 5 rings (SSSR count). The Morgan fingerprint density at radius 2 is 1.81 bits per heavy atom. The zero-order valence-corrected chi connectivity index (χ0v) is 21.6. The van der Waals surface area contributed by atoms with Gasteiger partial charge in [-0.15, -0.1) is 21.5 Å². The van der Waals surface area contributed by atoms with Gasteiger partial charge in [-0.1, -0.05) is 24.3 Å². The van der Waals surface area contributed by atoms with Crippen molar-refractivity contribution in [1.82, 2.24) is 14.8 Å². The van der Waals surface area contributed by atoms with Crippen molar-refractivity contribution in [3.63, 3.8) is 0 Å². The number of aryl methyl sites for hydroxylation is 2. The molecule has 184 valence electrons. The fourth-order valence-corrected chi connectivity index (χ4v) is 5.59. The summed E-state index contributed by atoms with van der Waals surface area (Å²) >= 11 is 1.69. The molecule has 2 aromatic carbocycles. The molecule has 0 unspecified atom stereocenters. The quantitative estimate of drug-likeness (QED) is 0.353. The molecule has 1 atom stereocenters. The van der Waals surface area contributed by atoms with Crippen LogP contribution in [-0.2, 0) is 9.53 Å². The number of hydrogen-bond donors (Lipinski definition) is 1. The first-order valence-electron chi connectivity index (χ1n) is 11.6. The summed E-state index contributed by atoms with van der Waals surface area (Å²) in [6, 6.07) is 15.4. The number of benzene rings is 2. The van der Waals surface area contributed by atoms with E-state index in [1.165, 1.54) is 12.0 Å². The van der Waals surface area contributed by atoms with Crippen molar-refractivity contribution in [2.24, 2.45) is 4.99 Å². The minimum absolute atomic E-state index is 0.0819. The molecule has 0 fully saturated rings. The van der Waals surface area contributed by atoms with E-state index in [0.717, 1.165) is 50.4 Å². The van der Waals surface area contributed by atoms with Gasteiger partial charge in [0.2, 0.25) is 0 Å². The van der Waals surface area contributed by atoms with Gasteiger partial charge in [-0.05, 0) is 50.6 Å². The molecule has 1 N–H and O–H groups in total. The van der Waals surface area contributed by atoms with Gasteiger partial charge in [0.05, 0.1) is 32.0 Å². The van der Waals surface area contributed by atoms with Crippen LogP contribution in [0.2, 0.25) is 0 Å². The third kappa shape index (κ3) is 4.15. The molecule has 0 saturated carbocycles. The number of fused-ring (bicyclic) bond motifs is 3. The summed E-state index contributed by atoms with van der Waals surface area (Å²) in [6.07, 6.45) is 0.0819. The number of aromatic nitrogens is 3. The van der Waals surface area contributed by atoms with Crippen LogP contribution in [0.4, 0.5) is 11.4 Å². The van der Waals surface area contributed by atoms with Gasteiger partial charge in [0.1, 0.15) is 22.6 Å². The highest BCUT2D eigenvalue weighted by atomic mass is 32.1. The Morgan fingerprint density at radius 3 is 2.53 bits per heavy atom. The number of nitrogens with zero attached hydrogens (tertiary/aromatic N) is 4. The number of thiophene rings is 1. The van der Waals surface area contributed by atoms with E-state index >= 15 is 0 Å². The number of methoxy groups -OCH3 is 2. The molecule has 36 heavy (non-hydrogen) atoms. The number of hydrogen-bond acceptors (Lipinski definition) is 8. The lowest BCUT2D eigenvalue weighted by molar-refractivity contribution is -0.141. The zero-order valence-electron chi connectivity index (χ0n) is 20.8. The number of rotatable bonds is 6. The molecule has 0 bridgehead atoms. The van der Waals surface area contributed by atoms with Crippen molar-refractivity contribution in [2.75, 3.05) is 19.5 Å². The van der Waals surface area contributed by atoms with Gasteiger partial charge < -0.3 is 14.8 Å². The second kappa shape index (κ2) is 9.58. The molecule has 1 aliphatic rings. The normalized spacial score (nSPS) is 14.4. The maximum atomic E-state index is 12.3. The molecule has 8 nitrogen and oxygen atoms in total. The Balaban J connectivity index is 1.60. The van der Waals surface area contributed by atoms with E-state index in [9.17, 15) is 4.79 Å². The molecule has 3 heterocycles. The largest absolute Gasteiger partial charge is 0.495 e. The number of anilines is 2. The van der Waals surface area contributed by atoms with E-state index in [1.54, 1.807) is 18.4 Å². The first-order valence-corrected chi connectivity index (χ1v) is 12.4. The molecular weight excluding hydrogens is 474 g/mol. The Morgan fingerprint density at radius 1 is 1.06 bits per heavy atom. The molecule has 0 amide bonds. The molecule has 1 aliphatic heterocycles. The number of carbonyl (C=O) groups excluding carboxylic acids is 1. The molecule has 9 heteroatoms. The summed E-state index contributed by atoms with van der Waals surface area (Å²) in [4.78, 5) is 18.6. The van der Waals surface area contributed by atoms with E-state index in [4.69, 9.17) is 14.5 Å². The van der Waals surface area contributed by atoms with Crippen molar-refractivity contribution in [2.45, 2.75) is 33.2 Å². The van der Waals surface area contributed by atoms with Gasteiger partial charge in [0.25, 0.3) is 0 Å². The number of esters is 1. The van der Waals surface area contributed by atoms with Crippen LogP contribution in [0.5, 0.6) is 5.75 Å². The monoisotopic (exact) mass is 501 g/mol. The topological polar surface area (TPSA) is 90.6 Å². The van der Waals surface area contributed by atoms with Gasteiger partial charge in [-0.2, -0.15) is 0 Å². The molecule has 4 aromatic rings. The summed E-state index contributed by atoms with van der Waals surface area (Å²) in [5, 5.41) is 13.1. The lowest BCUT2D eigenvalue weighted by Gasteiger charge is -2.13. The molecule has 2 aromatic heterocycles. The van der Waals surface area contributed by atoms with Gasteiger partial charge >= 0.3 is 5.97 Å². The lowest BCUT2D eigenvalue weighted by atomic mass is 9.99. The van der Waals surface area contributed by atoms with Crippen LogP contribution in [0.15, 0.2) is 53.5 Å². The van der Waals surface area contributed by atoms with E-state index < -0.39 is 6.04 Å². The number of carbonyl (C=O) groups is 1. The lowest BCUT2D eigenvalue weighted by Crippen LogP contribution is -2.12. The Labute approximate surface area is 213 Å². The second-order valence-electron chi connectivity index (χ2n) is 8.58. The Hall–Kier alpha value is -3.98. The number of nitrogens with one attached hydrogen (secondary N) is 1. The Bertz CT molecular complexity index is 1470. The minimum atomic E-state index is -0.515. The maximum Gasteiger partial charge on any atom is 0.308 e. The smallest absolute Gasteiger partial charge is 0.308 e. The highest BCUT2D eigenvalue weighted by molar-refractivity contribution is 7.15. The van der Waals surface area contributed by atoms with Crippen LogP contribution in [0.3, 0.4) is 0 Å². The third-order valence-corrected chi connectivity index (χ3v) is 7.56. The zero-order chi connectivity index (χ0) is 25.4. The SMILES string of the molecule is COC(=O)C[C@@H]1N=C(c2ccc(Nc3ccccc3OC)cc2)c2c(sc(C)c2C)-n2c(C)nnc21. The van der Waals surface area contributed by atoms with E-state index in [0.29, 0.717) is 5.82 Å². The summed E-state index contributed by atoms with van der Waals surface area (Å²) in [6.45, 7) is 6.14. The molecule has 0 spiro atoms. The van der Waals surface area contributed by atoms with E-state index in [-0.39, 0.29) is 12.4 Å². The molecule has 0 aliphatic carbocycles. The average molecular weight is 502 g/mol. The predicted octanol–water partition coefficient (Wildman–Crippen LogP) is 5.46. The van der Waals surface area contributed by atoms with Gasteiger partial charge in [0.15, 0.2) is 5.82 Å².